The van der Waals surface area contributed by atoms with Gasteiger partial charge in [0.05, 0.1) is 35.6 Å². The zero-order valence-corrected chi connectivity index (χ0v) is 16.9. The number of hydrogen-bond donors (Lipinski definition) is 4. The van der Waals surface area contributed by atoms with Crippen molar-refractivity contribution in [3.63, 3.8) is 0 Å². The van der Waals surface area contributed by atoms with Gasteiger partial charge in [-0.2, -0.15) is 0 Å². The molecular formula is C21H24N8O2. The molecule has 3 heterocycles. The van der Waals surface area contributed by atoms with Gasteiger partial charge in [-0.3, -0.25) is 5.41 Å². The van der Waals surface area contributed by atoms with Crippen LogP contribution in [0.3, 0.4) is 0 Å². The number of aliphatic hydroxyl groups is 1. The normalized spacial score (nSPS) is 15.3. The van der Waals surface area contributed by atoms with Crippen LogP contribution in [-0.4, -0.2) is 55.5 Å². The van der Waals surface area contributed by atoms with E-state index in [-0.39, 0.29) is 18.9 Å². The SMILES string of the molecule is N=C1C=C(N)/C(=N/c2c(NCCCn3ccnc3)nn3ccccc23)C=C1OCCO. The lowest BCUT2D eigenvalue weighted by atomic mass is 10.1. The van der Waals surface area contributed by atoms with Crippen molar-refractivity contribution in [1.82, 2.24) is 19.2 Å². The van der Waals surface area contributed by atoms with Crippen molar-refractivity contribution in [2.45, 2.75) is 13.0 Å². The third-order valence-electron chi connectivity index (χ3n) is 4.67. The maximum Gasteiger partial charge on any atom is 0.175 e. The monoisotopic (exact) mass is 420 g/mol. The Morgan fingerprint density at radius 2 is 2.16 bits per heavy atom. The molecule has 0 aliphatic heterocycles. The fourth-order valence-electron chi connectivity index (χ4n) is 3.18. The minimum atomic E-state index is -0.141. The Hall–Kier alpha value is -3.92. The molecule has 0 bridgehead atoms. The Labute approximate surface area is 178 Å². The van der Waals surface area contributed by atoms with E-state index in [1.807, 2.05) is 35.2 Å². The highest BCUT2D eigenvalue weighted by atomic mass is 16.5. The van der Waals surface area contributed by atoms with Gasteiger partial charge in [0.2, 0.25) is 0 Å². The van der Waals surface area contributed by atoms with Crippen molar-refractivity contribution in [1.29, 1.82) is 5.41 Å². The number of rotatable bonds is 9. The Morgan fingerprint density at radius 1 is 1.26 bits per heavy atom. The number of fused-ring (bicyclic) bond motifs is 1. The van der Waals surface area contributed by atoms with Gasteiger partial charge in [-0.15, -0.1) is 5.10 Å². The van der Waals surface area contributed by atoms with Gasteiger partial charge in [-0.1, -0.05) is 6.07 Å². The summed E-state index contributed by atoms with van der Waals surface area (Å²) in [5.41, 5.74) is 8.59. The van der Waals surface area contributed by atoms with Gasteiger partial charge >= 0.3 is 0 Å². The summed E-state index contributed by atoms with van der Waals surface area (Å²) in [4.78, 5) is 8.81. The van der Waals surface area contributed by atoms with Crippen molar-refractivity contribution >= 4 is 28.4 Å². The van der Waals surface area contributed by atoms with Crippen LogP contribution in [0.4, 0.5) is 11.5 Å². The van der Waals surface area contributed by atoms with Gasteiger partial charge in [-0.25, -0.2) is 14.5 Å². The van der Waals surface area contributed by atoms with E-state index < -0.39 is 0 Å². The number of pyridine rings is 1. The number of aliphatic hydroxyl groups excluding tert-OH is 1. The average Bonchev–Trinajstić information content (AvgIpc) is 3.40. The fraction of sp³-hybridized carbons (Fsp3) is 0.238. The quantitative estimate of drug-likeness (QED) is 0.308. The van der Waals surface area contributed by atoms with Gasteiger partial charge in [0.1, 0.15) is 18.1 Å². The lowest BCUT2D eigenvalue weighted by molar-refractivity contribution is 0.156. The molecule has 0 amide bonds. The van der Waals surface area contributed by atoms with Crippen molar-refractivity contribution in [3.05, 3.63) is 66.7 Å². The second kappa shape index (κ2) is 9.26. The molecule has 0 atom stereocenters. The number of ether oxygens (including phenoxy) is 1. The maximum absolute atomic E-state index is 9.01. The lowest BCUT2D eigenvalue weighted by Gasteiger charge is -2.15. The molecule has 1 aliphatic rings. The zero-order chi connectivity index (χ0) is 21.6. The first-order valence-corrected chi connectivity index (χ1v) is 9.93. The summed E-state index contributed by atoms with van der Waals surface area (Å²) in [7, 11) is 0. The van der Waals surface area contributed by atoms with Crippen LogP contribution in [-0.2, 0) is 11.3 Å². The Bertz CT molecular complexity index is 1160. The average molecular weight is 420 g/mol. The summed E-state index contributed by atoms with van der Waals surface area (Å²) in [6.45, 7) is 1.50. The summed E-state index contributed by atoms with van der Waals surface area (Å²) >= 11 is 0. The topological polar surface area (TPSA) is 139 Å². The Kier molecular flexibility index (Phi) is 6.08. The van der Waals surface area contributed by atoms with E-state index in [4.69, 9.17) is 26.0 Å². The van der Waals surface area contributed by atoms with Gasteiger partial charge in [0.25, 0.3) is 0 Å². The number of hydrogen-bond acceptors (Lipinski definition) is 8. The zero-order valence-electron chi connectivity index (χ0n) is 16.9. The molecule has 10 nitrogen and oxygen atoms in total. The number of nitrogens with zero attached hydrogens (tertiary/aromatic N) is 5. The molecule has 0 saturated heterocycles. The first-order valence-electron chi connectivity index (χ1n) is 9.93. The maximum atomic E-state index is 9.01. The number of aromatic nitrogens is 4. The number of allylic oxidation sites excluding steroid dienone is 2. The second-order valence-corrected chi connectivity index (χ2v) is 6.90. The molecule has 0 aromatic carbocycles. The van der Waals surface area contributed by atoms with Gasteiger partial charge in [0.15, 0.2) is 5.82 Å². The predicted molar refractivity (Wildman–Crippen MR) is 119 cm³/mol. The third kappa shape index (κ3) is 4.64. The van der Waals surface area contributed by atoms with E-state index in [1.165, 1.54) is 6.08 Å². The first kappa shape index (κ1) is 20.4. The van der Waals surface area contributed by atoms with Crippen LogP contribution < -0.4 is 11.1 Å². The predicted octanol–water partition coefficient (Wildman–Crippen LogP) is 1.87. The molecule has 0 spiro atoms. The Balaban J connectivity index is 1.61. The van der Waals surface area contributed by atoms with Crippen molar-refractivity contribution in [3.8, 4) is 0 Å². The van der Waals surface area contributed by atoms with Crippen LogP contribution in [0.5, 0.6) is 0 Å². The number of anilines is 1. The largest absolute Gasteiger partial charge is 0.489 e. The van der Waals surface area contributed by atoms with Crippen LogP contribution in [0.2, 0.25) is 0 Å². The van der Waals surface area contributed by atoms with E-state index >= 15 is 0 Å². The highest BCUT2D eigenvalue weighted by molar-refractivity contribution is 6.22. The van der Waals surface area contributed by atoms with Gasteiger partial charge in [-0.05, 0) is 24.6 Å². The molecular weight excluding hydrogens is 396 g/mol. The van der Waals surface area contributed by atoms with E-state index in [1.54, 1.807) is 23.1 Å². The number of nitrogens with two attached hydrogens (primary N) is 1. The van der Waals surface area contributed by atoms with Crippen molar-refractivity contribution in [2.24, 2.45) is 10.7 Å². The molecule has 10 heteroatoms. The number of aryl methyl sites for hydroxylation is 1. The fourth-order valence-corrected chi connectivity index (χ4v) is 3.18. The molecule has 0 unspecified atom stereocenters. The van der Waals surface area contributed by atoms with Crippen LogP contribution in [0.15, 0.2) is 71.7 Å². The minimum absolute atomic E-state index is 0.0929. The van der Waals surface area contributed by atoms with E-state index in [0.717, 1.165) is 18.5 Å². The molecule has 3 aromatic heterocycles. The summed E-state index contributed by atoms with van der Waals surface area (Å²) in [6, 6.07) is 5.75. The van der Waals surface area contributed by atoms with Crippen LogP contribution >= 0.6 is 0 Å². The van der Waals surface area contributed by atoms with E-state index in [0.29, 0.717) is 35.2 Å². The van der Waals surface area contributed by atoms with Gasteiger partial charge < -0.3 is 25.5 Å². The molecule has 1 aliphatic carbocycles. The molecule has 0 saturated carbocycles. The summed E-state index contributed by atoms with van der Waals surface area (Å²) < 4.78 is 9.22. The highest BCUT2D eigenvalue weighted by Gasteiger charge is 2.18. The van der Waals surface area contributed by atoms with Crippen LogP contribution in [0.1, 0.15) is 6.42 Å². The summed E-state index contributed by atoms with van der Waals surface area (Å²) in [6.07, 6.45) is 11.3. The molecule has 160 valence electrons. The molecule has 5 N–H and O–H groups in total. The van der Waals surface area contributed by atoms with Crippen molar-refractivity contribution < 1.29 is 9.84 Å². The van der Waals surface area contributed by atoms with Crippen molar-refractivity contribution in [2.75, 3.05) is 25.1 Å². The van der Waals surface area contributed by atoms with Crippen LogP contribution in [0.25, 0.3) is 5.52 Å². The molecule has 3 aromatic rings. The van der Waals surface area contributed by atoms with Crippen LogP contribution in [0, 0.1) is 5.41 Å². The number of nitrogens with one attached hydrogen (secondary N) is 2. The number of aliphatic imine (C=N–C) groups is 1. The minimum Gasteiger partial charge on any atom is -0.489 e. The number of imidazole rings is 1. The summed E-state index contributed by atoms with van der Waals surface area (Å²) in [5, 5.41) is 25.0. The smallest absolute Gasteiger partial charge is 0.175 e. The highest BCUT2D eigenvalue weighted by Crippen LogP contribution is 2.31. The summed E-state index contributed by atoms with van der Waals surface area (Å²) in [5.74, 6) is 0.956. The first-order chi connectivity index (χ1) is 15.2. The molecule has 0 fully saturated rings. The van der Waals surface area contributed by atoms with E-state index in [2.05, 4.69) is 15.4 Å². The molecule has 0 radical (unpaired) electrons. The third-order valence-corrected chi connectivity index (χ3v) is 4.67. The molecule has 4 rings (SSSR count). The lowest BCUT2D eigenvalue weighted by Crippen LogP contribution is -2.20. The second-order valence-electron chi connectivity index (χ2n) is 6.90. The van der Waals surface area contributed by atoms with Gasteiger partial charge in [0, 0.05) is 37.8 Å². The Morgan fingerprint density at radius 3 is 2.97 bits per heavy atom. The van der Waals surface area contributed by atoms with E-state index in [9.17, 15) is 0 Å². The molecule has 31 heavy (non-hydrogen) atoms. The standard InChI is InChI=1S/C21H24N8O2/c22-15-12-16(23)19(31-11-10-30)13-17(15)26-20-18-4-1-2-8-29(18)27-21(20)25-5-3-7-28-9-6-24-14-28/h1-2,4,6,8-9,12-14,23,30H,3,5,7,10-11,22H2,(H,25,27)/b23-16?,26-17+.